The second kappa shape index (κ2) is 6.44. The van der Waals surface area contributed by atoms with E-state index in [1.165, 1.54) is 12.1 Å². The number of hydrogen-bond donors (Lipinski definition) is 2. The van der Waals surface area contributed by atoms with E-state index in [0.717, 1.165) is 11.1 Å². The number of carbonyl (C=O) groups is 1. The monoisotopic (exact) mass is 309 g/mol. The van der Waals surface area contributed by atoms with Crippen LogP contribution in [0.15, 0.2) is 60.7 Å². The van der Waals surface area contributed by atoms with Crippen molar-refractivity contribution in [2.24, 2.45) is 0 Å². The number of aromatic amines is 1. The maximum Gasteiger partial charge on any atom is 0.269 e. The zero-order chi connectivity index (χ0) is 16.2. The second-order valence-electron chi connectivity index (χ2n) is 5.28. The Kier molecular flexibility index (Phi) is 4.19. The predicted octanol–water partition coefficient (Wildman–Crippen LogP) is 3.71. The first-order valence-electron chi connectivity index (χ1n) is 7.30. The van der Waals surface area contributed by atoms with Crippen molar-refractivity contribution in [3.05, 3.63) is 77.7 Å². The second-order valence-corrected chi connectivity index (χ2v) is 5.28. The zero-order valence-electron chi connectivity index (χ0n) is 12.6. The van der Waals surface area contributed by atoms with Crippen LogP contribution in [0.1, 0.15) is 29.0 Å². The van der Waals surface area contributed by atoms with Crippen molar-refractivity contribution >= 4 is 5.91 Å². The summed E-state index contributed by atoms with van der Waals surface area (Å²) >= 11 is 0. The molecule has 1 unspecified atom stereocenters. The molecule has 0 bridgehead atoms. The summed E-state index contributed by atoms with van der Waals surface area (Å²) in [6, 6.07) is 17.2. The van der Waals surface area contributed by atoms with Gasteiger partial charge in [-0.2, -0.15) is 5.10 Å². The van der Waals surface area contributed by atoms with Gasteiger partial charge in [0.25, 0.3) is 5.91 Å². The quantitative estimate of drug-likeness (QED) is 0.772. The van der Waals surface area contributed by atoms with Gasteiger partial charge in [0.1, 0.15) is 11.5 Å². The first kappa shape index (κ1) is 15.0. The molecule has 0 spiro atoms. The molecule has 0 aliphatic heterocycles. The van der Waals surface area contributed by atoms with E-state index >= 15 is 0 Å². The summed E-state index contributed by atoms with van der Waals surface area (Å²) < 4.78 is 12.9. The largest absolute Gasteiger partial charge is 0.344 e. The molecule has 0 aliphatic rings. The molecule has 2 N–H and O–H groups in total. The fraction of sp³-hybridized carbons (Fsp3) is 0.111. The summed E-state index contributed by atoms with van der Waals surface area (Å²) in [7, 11) is 0. The van der Waals surface area contributed by atoms with Crippen molar-refractivity contribution in [1.29, 1.82) is 0 Å². The lowest BCUT2D eigenvalue weighted by atomic mass is 10.1. The maximum absolute atomic E-state index is 12.9. The van der Waals surface area contributed by atoms with Gasteiger partial charge < -0.3 is 5.32 Å². The fourth-order valence-corrected chi connectivity index (χ4v) is 2.31. The number of hydrogen-bond acceptors (Lipinski definition) is 2. The number of nitrogens with one attached hydrogen (secondary N) is 2. The Morgan fingerprint density at radius 3 is 2.52 bits per heavy atom. The normalized spacial score (nSPS) is 11.9. The van der Waals surface area contributed by atoms with Crippen LogP contribution in [0.5, 0.6) is 0 Å². The van der Waals surface area contributed by atoms with Gasteiger partial charge in [0.15, 0.2) is 0 Å². The van der Waals surface area contributed by atoms with E-state index in [4.69, 9.17) is 0 Å². The molecule has 3 rings (SSSR count). The van der Waals surface area contributed by atoms with E-state index in [0.29, 0.717) is 11.4 Å². The third-order valence-electron chi connectivity index (χ3n) is 3.61. The molecule has 1 amide bonds. The number of aromatic nitrogens is 2. The Bertz CT molecular complexity index is 797. The van der Waals surface area contributed by atoms with Crippen molar-refractivity contribution in [2.45, 2.75) is 13.0 Å². The van der Waals surface area contributed by atoms with E-state index in [2.05, 4.69) is 15.5 Å². The first-order valence-corrected chi connectivity index (χ1v) is 7.30. The van der Waals surface area contributed by atoms with Crippen molar-refractivity contribution < 1.29 is 9.18 Å². The number of carbonyl (C=O) groups excluding carboxylic acids is 1. The third kappa shape index (κ3) is 3.45. The molecule has 1 heterocycles. The Morgan fingerprint density at radius 2 is 1.83 bits per heavy atom. The van der Waals surface area contributed by atoms with E-state index in [-0.39, 0.29) is 17.8 Å². The topological polar surface area (TPSA) is 57.8 Å². The van der Waals surface area contributed by atoms with Gasteiger partial charge in [-0.25, -0.2) is 4.39 Å². The summed E-state index contributed by atoms with van der Waals surface area (Å²) in [5.41, 5.74) is 2.74. The molecule has 0 fully saturated rings. The van der Waals surface area contributed by atoms with E-state index < -0.39 is 0 Å². The van der Waals surface area contributed by atoms with Crippen LogP contribution in [0.4, 0.5) is 4.39 Å². The Labute approximate surface area is 133 Å². The number of halogens is 1. The van der Waals surface area contributed by atoms with Crippen LogP contribution in [0.2, 0.25) is 0 Å². The molecule has 0 saturated heterocycles. The van der Waals surface area contributed by atoms with Crippen molar-refractivity contribution in [3.63, 3.8) is 0 Å². The summed E-state index contributed by atoms with van der Waals surface area (Å²) in [6.45, 7) is 1.92. The molecule has 23 heavy (non-hydrogen) atoms. The molecule has 1 aromatic heterocycles. The highest BCUT2D eigenvalue weighted by Gasteiger charge is 2.14. The van der Waals surface area contributed by atoms with E-state index in [1.54, 1.807) is 18.2 Å². The van der Waals surface area contributed by atoms with Gasteiger partial charge in [-0.05, 0) is 42.8 Å². The molecule has 4 nitrogen and oxygen atoms in total. The minimum atomic E-state index is -0.307. The predicted molar refractivity (Wildman–Crippen MR) is 86.3 cm³/mol. The number of rotatable bonds is 4. The zero-order valence-corrected chi connectivity index (χ0v) is 12.6. The number of H-pyrrole nitrogens is 1. The highest BCUT2D eigenvalue weighted by atomic mass is 19.1. The standard InChI is InChI=1S/C18H16FN3O/c1-12(13-5-3-2-4-6-13)20-18(23)17-11-16(21-22-17)14-7-9-15(19)10-8-14/h2-12H,1H3,(H,20,23)(H,21,22). The van der Waals surface area contributed by atoms with Crippen molar-refractivity contribution in [2.75, 3.05) is 0 Å². The molecule has 0 radical (unpaired) electrons. The Balaban J connectivity index is 1.72. The smallest absolute Gasteiger partial charge is 0.269 e. The molecular weight excluding hydrogens is 293 g/mol. The van der Waals surface area contributed by atoms with Crippen LogP contribution in [0.25, 0.3) is 11.3 Å². The molecule has 1 atom stereocenters. The molecular formula is C18H16FN3O. The van der Waals surface area contributed by atoms with Gasteiger partial charge in [-0.1, -0.05) is 30.3 Å². The van der Waals surface area contributed by atoms with Gasteiger partial charge in [0.05, 0.1) is 11.7 Å². The molecule has 2 aromatic carbocycles. The lowest BCUT2D eigenvalue weighted by molar-refractivity contribution is 0.0935. The van der Waals surface area contributed by atoms with Crippen LogP contribution in [-0.2, 0) is 0 Å². The van der Waals surface area contributed by atoms with Crippen LogP contribution in [0, 0.1) is 5.82 Å². The number of amides is 1. The van der Waals surface area contributed by atoms with Crippen LogP contribution in [0.3, 0.4) is 0 Å². The van der Waals surface area contributed by atoms with Crippen LogP contribution < -0.4 is 5.32 Å². The average Bonchev–Trinajstić information content (AvgIpc) is 3.06. The van der Waals surface area contributed by atoms with E-state index in [9.17, 15) is 9.18 Å². The first-order chi connectivity index (χ1) is 11.1. The third-order valence-corrected chi connectivity index (χ3v) is 3.61. The lowest BCUT2D eigenvalue weighted by Crippen LogP contribution is -2.26. The van der Waals surface area contributed by atoms with E-state index in [1.807, 2.05) is 37.3 Å². The van der Waals surface area contributed by atoms with Gasteiger partial charge in [0, 0.05) is 5.56 Å². The SMILES string of the molecule is CC(NC(=O)c1cc(-c2ccc(F)cc2)n[nH]1)c1ccccc1. The summed E-state index contributed by atoms with van der Waals surface area (Å²) in [5, 5.41) is 9.74. The van der Waals surface area contributed by atoms with Gasteiger partial charge >= 0.3 is 0 Å². The molecule has 116 valence electrons. The Morgan fingerprint density at radius 1 is 1.13 bits per heavy atom. The van der Waals surface area contributed by atoms with Crippen LogP contribution >= 0.6 is 0 Å². The summed E-state index contributed by atoms with van der Waals surface area (Å²) in [4.78, 5) is 12.3. The average molecular weight is 309 g/mol. The van der Waals surface area contributed by atoms with Gasteiger partial charge in [-0.15, -0.1) is 0 Å². The molecule has 0 saturated carbocycles. The molecule has 3 aromatic rings. The number of nitrogens with zero attached hydrogens (tertiary/aromatic N) is 1. The maximum atomic E-state index is 12.9. The summed E-state index contributed by atoms with van der Waals surface area (Å²) in [5.74, 6) is -0.541. The molecule has 5 heteroatoms. The Hall–Kier alpha value is -2.95. The van der Waals surface area contributed by atoms with Crippen LogP contribution in [-0.4, -0.2) is 16.1 Å². The van der Waals surface area contributed by atoms with Gasteiger partial charge in [-0.3, -0.25) is 9.89 Å². The lowest BCUT2D eigenvalue weighted by Gasteiger charge is -2.13. The number of benzene rings is 2. The highest BCUT2D eigenvalue weighted by Crippen LogP contribution is 2.18. The minimum Gasteiger partial charge on any atom is -0.344 e. The van der Waals surface area contributed by atoms with Crippen molar-refractivity contribution in [3.8, 4) is 11.3 Å². The van der Waals surface area contributed by atoms with Crippen molar-refractivity contribution in [1.82, 2.24) is 15.5 Å². The summed E-state index contributed by atoms with van der Waals surface area (Å²) in [6.07, 6.45) is 0. The fourth-order valence-electron chi connectivity index (χ4n) is 2.31. The van der Waals surface area contributed by atoms with Gasteiger partial charge in [0.2, 0.25) is 0 Å². The minimum absolute atomic E-state index is 0.110. The molecule has 0 aliphatic carbocycles. The highest BCUT2D eigenvalue weighted by molar-refractivity contribution is 5.93.